The maximum atomic E-state index is 12.2. The minimum atomic E-state index is -0.0237. The van der Waals surface area contributed by atoms with Crippen molar-refractivity contribution in [3.05, 3.63) is 77.9 Å². The van der Waals surface area contributed by atoms with E-state index in [1.165, 1.54) is 5.39 Å². The summed E-state index contributed by atoms with van der Waals surface area (Å²) in [6.07, 6.45) is 0.359. The van der Waals surface area contributed by atoms with Crippen LogP contribution in [-0.4, -0.2) is 5.91 Å². The zero-order valence-corrected chi connectivity index (χ0v) is 12.3. The first kappa shape index (κ1) is 14.3. The molecule has 22 heavy (non-hydrogen) atoms. The fourth-order valence-corrected chi connectivity index (χ4v) is 2.52. The van der Waals surface area contributed by atoms with Crippen molar-refractivity contribution in [2.24, 2.45) is 5.73 Å². The van der Waals surface area contributed by atoms with Gasteiger partial charge in [-0.15, -0.1) is 0 Å². The quantitative estimate of drug-likeness (QED) is 0.773. The maximum absolute atomic E-state index is 12.2. The van der Waals surface area contributed by atoms with Gasteiger partial charge in [0.25, 0.3) is 0 Å². The highest BCUT2D eigenvalue weighted by Crippen LogP contribution is 2.17. The van der Waals surface area contributed by atoms with Gasteiger partial charge in [-0.05, 0) is 34.0 Å². The third-order valence-electron chi connectivity index (χ3n) is 3.62. The molecule has 0 aliphatic heterocycles. The van der Waals surface area contributed by atoms with E-state index in [0.717, 1.165) is 22.2 Å². The maximum Gasteiger partial charge on any atom is 0.228 e. The summed E-state index contributed by atoms with van der Waals surface area (Å²) in [5, 5.41) is 5.25. The lowest BCUT2D eigenvalue weighted by Gasteiger charge is -2.07. The van der Waals surface area contributed by atoms with Crippen LogP contribution in [0.3, 0.4) is 0 Å². The number of amides is 1. The largest absolute Gasteiger partial charge is 0.326 e. The van der Waals surface area contributed by atoms with Crippen molar-refractivity contribution in [2.75, 3.05) is 5.32 Å². The van der Waals surface area contributed by atoms with Crippen LogP contribution in [0.4, 0.5) is 5.69 Å². The second-order valence-corrected chi connectivity index (χ2v) is 5.31. The molecule has 0 aliphatic carbocycles. The molecule has 3 nitrogen and oxygen atoms in total. The molecule has 0 saturated heterocycles. The summed E-state index contributed by atoms with van der Waals surface area (Å²) in [5.74, 6) is -0.0237. The highest BCUT2D eigenvalue weighted by Gasteiger charge is 2.05. The Balaban J connectivity index is 1.72. The molecular weight excluding hydrogens is 272 g/mol. The molecular formula is C19H18N2O. The minimum Gasteiger partial charge on any atom is -0.326 e. The van der Waals surface area contributed by atoms with E-state index in [1.807, 2.05) is 48.5 Å². The van der Waals surface area contributed by atoms with Gasteiger partial charge in [-0.3, -0.25) is 4.79 Å². The number of hydrogen-bond donors (Lipinski definition) is 2. The molecule has 0 bridgehead atoms. The molecule has 0 fully saturated rings. The van der Waals surface area contributed by atoms with E-state index in [1.54, 1.807) is 0 Å². The van der Waals surface area contributed by atoms with E-state index in [2.05, 4.69) is 23.5 Å². The van der Waals surface area contributed by atoms with E-state index in [4.69, 9.17) is 5.73 Å². The number of hydrogen-bond acceptors (Lipinski definition) is 2. The van der Waals surface area contributed by atoms with Gasteiger partial charge in [-0.2, -0.15) is 0 Å². The van der Waals surface area contributed by atoms with Crippen LogP contribution in [0.2, 0.25) is 0 Å². The molecule has 0 aromatic heterocycles. The average molecular weight is 290 g/mol. The van der Waals surface area contributed by atoms with Crippen LogP contribution in [0.1, 0.15) is 11.1 Å². The third kappa shape index (κ3) is 3.32. The Hall–Kier alpha value is -2.65. The number of nitrogens with two attached hydrogens (primary N) is 1. The van der Waals surface area contributed by atoms with Crippen LogP contribution in [0, 0.1) is 0 Å². The van der Waals surface area contributed by atoms with Crippen molar-refractivity contribution < 1.29 is 4.79 Å². The zero-order chi connectivity index (χ0) is 15.4. The van der Waals surface area contributed by atoms with Crippen LogP contribution >= 0.6 is 0 Å². The number of fused-ring (bicyclic) bond motifs is 1. The molecule has 1 amide bonds. The molecule has 0 heterocycles. The van der Waals surface area contributed by atoms with Gasteiger partial charge < -0.3 is 11.1 Å². The van der Waals surface area contributed by atoms with Crippen molar-refractivity contribution in [3.63, 3.8) is 0 Å². The van der Waals surface area contributed by atoms with Crippen molar-refractivity contribution in [1.29, 1.82) is 0 Å². The highest BCUT2D eigenvalue weighted by atomic mass is 16.1. The first-order valence-corrected chi connectivity index (χ1v) is 7.31. The summed E-state index contributed by atoms with van der Waals surface area (Å²) in [7, 11) is 0. The number of nitrogens with one attached hydrogen (secondary N) is 1. The third-order valence-corrected chi connectivity index (χ3v) is 3.62. The molecule has 0 aliphatic rings. The molecule has 110 valence electrons. The molecule has 0 unspecified atom stereocenters. The molecule has 3 N–H and O–H groups in total. The van der Waals surface area contributed by atoms with E-state index in [0.29, 0.717) is 13.0 Å². The predicted octanol–water partition coefficient (Wildman–Crippen LogP) is 3.48. The molecule has 0 saturated carbocycles. The van der Waals surface area contributed by atoms with E-state index < -0.39 is 0 Å². The van der Waals surface area contributed by atoms with Crippen LogP contribution in [0.15, 0.2) is 66.7 Å². The van der Waals surface area contributed by atoms with E-state index in [-0.39, 0.29) is 5.91 Å². The summed E-state index contributed by atoms with van der Waals surface area (Å²) >= 11 is 0. The number of carbonyl (C=O) groups is 1. The van der Waals surface area contributed by atoms with E-state index in [9.17, 15) is 4.79 Å². The van der Waals surface area contributed by atoms with Gasteiger partial charge in [0.1, 0.15) is 0 Å². The average Bonchev–Trinajstić information content (AvgIpc) is 2.55. The number of rotatable bonds is 4. The van der Waals surface area contributed by atoms with Crippen LogP contribution in [0.25, 0.3) is 10.8 Å². The Bertz CT molecular complexity index is 811. The van der Waals surface area contributed by atoms with Gasteiger partial charge in [-0.1, -0.05) is 54.6 Å². The lowest BCUT2D eigenvalue weighted by atomic mass is 10.0. The summed E-state index contributed by atoms with van der Waals surface area (Å²) in [6, 6.07) is 21.9. The number of anilines is 1. The van der Waals surface area contributed by atoms with Crippen LogP contribution in [0.5, 0.6) is 0 Å². The Kier molecular flexibility index (Phi) is 4.17. The number of carbonyl (C=O) groups excluding carboxylic acids is 1. The molecule has 0 atom stereocenters. The Morgan fingerprint density at radius 1 is 0.864 bits per heavy atom. The second-order valence-electron chi connectivity index (χ2n) is 5.31. The Morgan fingerprint density at radius 2 is 1.68 bits per heavy atom. The summed E-state index contributed by atoms with van der Waals surface area (Å²) in [6.45, 7) is 0.467. The van der Waals surface area contributed by atoms with Gasteiger partial charge in [-0.25, -0.2) is 0 Å². The van der Waals surface area contributed by atoms with Gasteiger partial charge >= 0.3 is 0 Å². The van der Waals surface area contributed by atoms with Gasteiger partial charge in [0.15, 0.2) is 0 Å². The lowest BCUT2D eigenvalue weighted by Crippen LogP contribution is -2.14. The zero-order valence-electron chi connectivity index (χ0n) is 12.3. The molecule has 3 aromatic carbocycles. The normalized spacial score (nSPS) is 10.6. The van der Waals surface area contributed by atoms with Crippen LogP contribution < -0.4 is 11.1 Å². The Labute approximate surface area is 129 Å². The van der Waals surface area contributed by atoms with E-state index >= 15 is 0 Å². The van der Waals surface area contributed by atoms with Gasteiger partial charge in [0.2, 0.25) is 5.91 Å². The fraction of sp³-hybridized carbons (Fsp3) is 0.105. The second kappa shape index (κ2) is 6.41. The monoisotopic (exact) mass is 290 g/mol. The van der Waals surface area contributed by atoms with Crippen molar-refractivity contribution >= 4 is 22.4 Å². The minimum absolute atomic E-state index is 0.0237. The Morgan fingerprint density at radius 3 is 2.50 bits per heavy atom. The van der Waals surface area contributed by atoms with Gasteiger partial charge in [0.05, 0.1) is 6.42 Å². The predicted molar refractivity (Wildman–Crippen MR) is 90.6 cm³/mol. The molecule has 3 heteroatoms. The number of benzene rings is 3. The van der Waals surface area contributed by atoms with Gasteiger partial charge in [0, 0.05) is 12.2 Å². The fourth-order valence-electron chi connectivity index (χ4n) is 2.52. The summed E-state index contributed by atoms with van der Waals surface area (Å²) < 4.78 is 0. The lowest BCUT2D eigenvalue weighted by molar-refractivity contribution is -0.115. The topological polar surface area (TPSA) is 55.1 Å². The smallest absolute Gasteiger partial charge is 0.228 e. The highest BCUT2D eigenvalue weighted by molar-refractivity contribution is 5.93. The summed E-state index contributed by atoms with van der Waals surface area (Å²) in [4.78, 5) is 12.2. The standard InChI is InChI=1S/C19H18N2O/c20-13-15-4-3-7-18(11-15)21-19(22)12-14-8-9-16-5-1-2-6-17(16)10-14/h1-11H,12-13,20H2,(H,21,22). The van der Waals surface area contributed by atoms with Crippen LogP contribution in [-0.2, 0) is 17.8 Å². The van der Waals surface area contributed by atoms with Crippen molar-refractivity contribution in [1.82, 2.24) is 0 Å². The van der Waals surface area contributed by atoms with Crippen molar-refractivity contribution in [3.8, 4) is 0 Å². The molecule has 3 rings (SSSR count). The molecule has 0 spiro atoms. The summed E-state index contributed by atoms with van der Waals surface area (Å²) in [5.41, 5.74) is 8.41. The first-order valence-electron chi connectivity index (χ1n) is 7.31. The molecule has 3 aromatic rings. The molecule has 0 radical (unpaired) electrons. The first-order chi connectivity index (χ1) is 10.7. The van der Waals surface area contributed by atoms with Crippen molar-refractivity contribution in [2.45, 2.75) is 13.0 Å². The SMILES string of the molecule is NCc1cccc(NC(=O)Cc2ccc3ccccc3c2)c1.